The van der Waals surface area contributed by atoms with Gasteiger partial charge in [0.1, 0.15) is 5.82 Å². The highest BCUT2D eigenvalue weighted by Crippen LogP contribution is 2.33. The first-order valence-corrected chi connectivity index (χ1v) is 16.1. The van der Waals surface area contributed by atoms with Crippen molar-refractivity contribution >= 4 is 12.0 Å². The molecule has 1 saturated carbocycles. The summed E-state index contributed by atoms with van der Waals surface area (Å²) in [6.45, 7) is 14.4. The Balaban J connectivity index is 1.26. The first-order valence-electron chi connectivity index (χ1n) is 16.1. The number of nitrogens with one attached hydrogen (secondary N) is 1. The molecule has 0 atom stereocenters. The number of allylic oxidation sites excluding steroid dienone is 3. The van der Waals surface area contributed by atoms with Crippen LogP contribution in [0.25, 0.3) is 0 Å². The van der Waals surface area contributed by atoms with Gasteiger partial charge in [-0.2, -0.15) is 0 Å². The molecule has 0 bridgehead atoms. The molecule has 0 amide bonds. The number of aromatic nitrogens is 1. The summed E-state index contributed by atoms with van der Waals surface area (Å²) in [5, 5.41) is 3.71. The number of aliphatic imine (C=N–C) groups is 1. The summed E-state index contributed by atoms with van der Waals surface area (Å²) in [7, 11) is 0. The third kappa shape index (κ3) is 9.50. The van der Waals surface area contributed by atoms with Crippen molar-refractivity contribution in [1.82, 2.24) is 14.8 Å². The van der Waals surface area contributed by atoms with E-state index in [0.29, 0.717) is 12.0 Å². The average Bonchev–Trinajstić information content (AvgIpc) is 2.99. The molecule has 0 radical (unpaired) electrons. The zero-order chi connectivity index (χ0) is 28.2. The maximum atomic E-state index is 6.67. The quantitative estimate of drug-likeness (QED) is 0.217. The number of nitrogens with two attached hydrogens (primary N) is 1. The summed E-state index contributed by atoms with van der Waals surface area (Å²) >= 11 is 0. The van der Waals surface area contributed by atoms with Crippen LogP contribution in [0.3, 0.4) is 0 Å². The van der Waals surface area contributed by atoms with Crippen molar-refractivity contribution in [3.05, 3.63) is 59.2 Å². The molecule has 4 rings (SSSR count). The molecule has 2 aliphatic heterocycles. The number of piperidine rings is 2. The highest BCUT2D eigenvalue weighted by molar-refractivity contribution is 5.56. The van der Waals surface area contributed by atoms with Crippen LogP contribution in [0, 0.1) is 5.92 Å². The fraction of sp³-hybridized carbons (Fsp3) is 0.647. The monoisotopic (exact) mass is 546 g/mol. The lowest BCUT2D eigenvalue weighted by Crippen LogP contribution is -2.30. The van der Waals surface area contributed by atoms with Gasteiger partial charge in [-0.05, 0) is 140 Å². The van der Waals surface area contributed by atoms with Crippen LogP contribution >= 0.6 is 0 Å². The summed E-state index contributed by atoms with van der Waals surface area (Å²) in [4.78, 5) is 14.3. The van der Waals surface area contributed by atoms with Gasteiger partial charge in [-0.25, -0.2) is 4.98 Å². The Bertz CT molecular complexity index is 1000. The largest absolute Gasteiger partial charge is 0.397 e. The van der Waals surface area contributed by atoms with Crippen LogP contribution in [0.1, 0.15) is 96.5 Å². The molecule has 3 aliphatic rings. The minimum absolute atomic E-state index is 0.490. The Labute approximate surface area is 243 Å². The maximum absolute atomic E-state index is 6.67. The minimum Gasteiger partial charge on any atom is -0.397 e. The lowest BCUT2D eigenvalue weighted by atomic mass is 9.81. The van der Waals surface area contributed by atoms with Gasteiger partial charge in [-0.1, -0.05) is 19.1 Å². The van der Waals surface area contributed by atoms with Crippen molar-refractivity contribution in [2.45, 2.75) is 103 Å². The summed E-state index contributed by atoms with van der Waals surface area (Å²) in [5.74, 6) is 1.65. The van der Waals surface area contributed by atoms with Gasteiger partial charge in [0.15, 0.2) is 0 Å². The second kappa shape index (κ2) is 16.0. The third-order valence-corrected chi connectivity index (χ3v) is 9.08. The predicted molar refractivity (Wildman–Crippen MR) is 171 cm³/mol. The smallest absolute Gasteiger partial charge is 0.126 e. The highest BCUT2D eigenvalue weighted by atomic mass is 15.1. The first kappa shape index (κ1) is 30.4. The first-order chi connectivity index (χ1) is 19.5. The number of likely N-dealkylation sites (tertiary alicyclic amines) is 2. The Morgan fingerprint density at radius 1 is 1.05 bits per heavy atom. The van der Waals surface area contributed by atoms with Crippen molar-refractivity contribution in [2.24, 2.45) is 16.6 Å². The molecular weight excluding hydrogens is 492 g/mol. The molecule has 2 saturated heterocycles. The second-order valence-electron chi connectivity index (χ2n) is 12.2. The van der Waals surface area contributed by atoms with Crippen LogP contribution in [0.4, 0.5) is 5.82 Å². The Morgan fingerprint density at radius 2 is 1.75 bits per heavy atom. The zero-order valence-electron chi connectivity index (χ0n) is 25.3. The number of pyridine rings is 1. The Kier molecular flexibility index (Phi) is 12.1. The molecule has 40 heavy (non-hydrogen) atoms. The van der Waals surface area contributed by atoms with E-state index < -0.39 is 0 Å². The minimum atomic E-state index is 0.490. The summed E-state index contributed by atoms with van der Waals surface area (Å²) in [6, 6.07) is 4.93. The Hall–Kier alpha value is -2.60. The topological polar surface area (TPSA) is 69.8 Å². The van der Waals surface area contributed by atoms with Gasteiger partial charge in [-0.3, -0.25) is 4.99 Å². The zero-order valence-corrected chi connectivity index (χ0v) is 25.3. The van der Waals surface area contributed by atoms with E-state index in [-0.39, 0.29) is 0 Å². The highest BCUT2D eigenvalue weighted by Gasteiger charge is 2.24. The van der Waals surface area contributed by atoms with Crippen LogP contribution in [0.15, 0.2) is 58.6 Å². The van der Waals surface area contributed by atoms with Gasteiger partial charge in [-0.15, -0.1) is 0 Å². The van der Waals surface area contributed by atoms with E-state index in [1.54, 1.807) is 0 Å². The van der Waals surface area contributed by atoms with Crippen molar-refractivity contribution in [1.29, 1.82) is 0 Å². The summed E-state index contributed by atoms with van der Waals surface area (Å²) < 4.78 is 0. The molecular formula is C34H54N6. The molecule has 6 heteroatoms. The normalized spacial score (nSPS) is 23.8. The van der Waals surface area contributed by atoms with Crippen molar-refractivity contribution in [3.63, 3.8) is 0 Å². The molecule has 1 aromatic rings. The number of aryl methyl sites for hydroxylation is 1. The number of hydrogen-bond donors (Lipinski definition) is 2. The van der Waals surface area contributed by atoms with E-state index in [4.69, 9.17) is 10.7 Å². The molecule has 0 spiro atoms. The van der Waals surface area contributed by atoms with Crippen LogP contribution < -0.4 is 11.1 Å². The molecule has 3 N–H and O–H groups in total. The van der Waals surface area contributed by atoms with Crippen LogP contribution in [-0.4, -0.2) is 59.8 Å². The van der Waals surface area contributed by atoms with Crippen molar-refractivity contribution in [3.8, 4) is 0 Å². The second-order valence-corrected chi connectivity index (χ2v) is 12.2. The van der Waals surface area contributed by atoms with Crippen LogP contribution in [0.2, 0.25) is 0 Å². The lowest BCUT2D eigenvalue weighted by Gasteiger charge is -2.31. The van der Waals surface area contributed by atoms with E-state index in [0.717, 1.165) is 48.8 Å². The molecule has 0 unspecified atom stereocenters. The molecule has 1 aromatic heterocycles. The maximum Gasteiger partial charge on any atom is 0.126 e. The molecule has 1 aliphatic carbocycles. The van der Waals surface area contributed by atoms with Crippen LogP contribution in [0.5, 0.6) is 0 Å². The fourth-order valence-electron chi connectivity index (χ4n) is 6.59. The standard InChI is InChI=1S/C34H54N6/c1-4-36-28(3)34(35)31(24-27(2)40-22-9-6-10-23-40)25-29-13-16-32(17-14-29)38-33-18-15-30(26-37-33)12-11-21-39-19-7-5-8-20-39/h4,15,18,24,26,29,32H,2,5-14,16-17,19-23,25,35H2,1,3H3,(H,37,38)/b31-24-,34-28-,36-4-/t29-,32+. The molecule has 0 aromatic carbocycles. The average molecular weight is 547 g/mol. The van der Waals surface area contributed by atoms with E-state index in [2.05, 4.69) is 51.1 Å². The SMILES string of the molecule is C=C(\C=C(C[C@H]1CC[C@@H](Nc2ccc(CCCN3CCCCC3)cn2)CC1)/C(N)=C(C)/N=C\C)N1CCCCC1. The van der Waals surface area contributed by atoms with E-state index in [1.807, 2.05) is 20.1 Å². The van der Waals surface area contributed by atoms with Gasteiger partial charge in [0.25, 0.3) is 0 Å². The van der Waals surface area contributed by atoms with Gasteiger partial charge < -0.3 is 20.9 Å². The van der Waals surface area contributed by atoms with Gasteiger partial charge in [0, 0.05) is 37.2 Å². The number of hydrogen-bond acceptors (Lipinski definition) is 6. The lowest BCUT2D eigenvalue weighted by molar-refractivity contribution is 0.226. The fourth-order valence-corrected chi connectivity index (χ4v) is 6.59. The van der Waals surface area contributed by atoms with E-state index in [1.165, 1.54) is 101 Å². The Morgan fingerprint density at radius 3 is 2.40 bits per heavy atom. The van der Waals surface area contributed by atoms with Gasteiger partial charge in [0.2, 0.25) is 0 Å². The number of rotatable bonds is 12. The van der Waals surface area contributed by atoms with Gasteiger partial charge >= 0.3 is 0 Å². The molecule has 220 valence electrons. The van der Waals surface area contributed by atoms with Crippen molar-refractivity contribution < 1.29 is 0 Å². The summed E-state index contributed by atoms with van der Waals surface area (Å²) in [6.07, 6.45) is 22.2. The predicted octanol–water partition coefficient (Wildman–Crippen LogP) is 7.07. The van der Waals surface area contributed by atoms with Crippen molar-refractivity contribution in [2.75, 3.05) is 38.0 Å². The van der Waals surface area contributed by atoms with Crippen LogP contribution in [-0.2, 0) is 6.42 Å². The number of anilines is 1. The summed E-state index contributed by atoms with van der Waals surface area (Å²) in [5.41, 5.74) is 12.0. The molecule has 3 fully saturated rings. The molecule has 6 nitrogen and oxygen atoms in total. The van der Waals surface area contributed by atoms with E-state index in [9.17, 15) is 0 Å². The molecule has 3 heterocycles. The van der Waals surface area contributed by atoms with Gasteiger partial charge in [0.05, 0.1) is 11.4 Å². The third-order valence-electron chi connectivity index (χ3n) is 9.08. The van der Waals surface area contributed by atoms with E-state index >= 15 is 0 Å². The number of nitrogens with zero attached hydrogens (tertiary/aromatic N) is 4.